The highest BCUT2D eigenvalue weighted by Gasteiger charge is 2.24. The number of rotatable bonds is 4. The van der Waals surface area contributed by atoms with Gasteiger partial charge in [-0.15, -0.1) is 0 Å². The zero-order valence-electron chi connectivity index (χ0n) is 11.4. The molecule has 0 spiro atoms. The van der Waals surface area contributed by atoms with E-state index in [4.69, 9.17) is 0 Å². The van der Waals surface area contributed by atoms with Gasteiger partial charge >= 0.3 is 0 Å². The van der Waals surface area contributed by atoms with Crippen molar-refractivity contribution in [2.45, 2.75) is 67.5 Å². The van der Waals surface area contributed by atoms with Gasteiger partial charge in [0.2, 0.25) is 0 Å². The van der Waals surface area contributed by atoms with Crippen molar-refractivity contribution in [3.63, 3.8) is 0 Å². The Labute approximate surface area is 90.9 Å². The summed E-state index contributed by atoms with van der Waals surface area (Å²) in [4.78, 5) is 2.58. The van der Waals surface area contributed by atoms with E-state index < -0.39 is 0 Å². The zero-order chi connectivity index (χ0) is 11.5. The molecule has 0 aliphatic rings. The average molecular weight is 199 g/mol. The van der Waals surface area contributed by atoms with E-state index in [0.717, 1.165) is 5.92 Å². The molecule has 0 fully saturated rings. The van der Waals surface area contributed by atoms with Crippen LogP contribution in [0.3, 0.4) is 0 Å². The Bertz CT molecular complexity index is 145. The zero-order valence-corrected chi connectivity index (χ0v) is 11.4. The van der Waals surface area contributed by atoms with E-state index in [1.54, 1.807) is 0 Å². The van der Waals surface area contributed by atoms with Crippen molar-refractivity contribution in [1.29, 1.82) is 0 Å². The maximum Gasteiger partial charge on any atom is 0.00414 e. The first-order chi connectivity index (χ1) is 6.16. The molecule has 0 aromatic rings. The van der Waals surface area contributed by atoms with Crippen molar-refractivity contribution >= 4 is 0 Å². The van der Waals surface area contributed by atoms with E-state index in [1.807, 2.05) is 0 Å². The largest absolute Gasteiger partial charge is 0.298 e. The molecule has 14 heavy (non-hydrogen) atoms. The van der Waals surface area contributed by atoms with Gasteiger partial charge in [0, 0.05) is 18.6 Å². The van der Waals surface area contributed by atoms with Gasteiger partial charge in [-0.05, 0) is 39.0 Å². The lowest BCUT2D eigenvalue weighted by atomic mass is 9.81. The van der Waals surface area contributed by atoms with E-state index in [-0.39, 0.29) is 0 Å². The second-order valence-electron chi connectivity index (χ2n) is 6.15. The van der Waals surface area contributed by atoms with E-state index in [2.05, 4.69) is 60.3 Å². The summed E-state index contributed by atoms with van der Waals surface area (Å²) in [7, 11) is 0. The van der Waals surface area contributed by atoms with Gasteiger partial charge in [0.15, 0.2) is 0 Å². The van der Waals surface area contributed by atoms with Crippen LogP contribution in [0.4, 0.5) is 0 Å². The lowest BCUT2D eigenvalue weighted by Crippen LogP contribution is -2.42. The van der Waals surface area contributed by atoms with Crippen LogP contribution in [0.15, 0.2) is 0 Å². The van der Waals surface area contributed by atoms with Crippen molar-refractivity contribution in [2.75, 3.05) is 6.54 Å². The predicted octanol–water partition coefficient (Wildman–Crippen LogP) is 3.79. The molecule has 0 amide bonds. The molecule has 1 unspecified atom stereocenters. The van der Waals surface area contributed by atoms with Gasteiger partial charge in [0.25, 0.3) is 0 Å². The summed E-state index contributed by atoms with van der Waals surface area (Å²) in [5.74, 6) is 0.743. The fourth-order valence-corrected chi connectivity index (χ4v) is 1.61. The second kappa shape index (κ2) is 5.16. The van der Waals surface area contributed by atoms with Crippen LogP contribution in [0.2, 0.25) is 0 Å². The number of nitrogens with zero attached hydrogens (tertiary/aromatic N) is 1. The van der Waals surface area contributed by atoms with E-state index >= 15 is 0 Å². The molecule has 0 radical (unpaired) electrons. The molecular weight excluding hydrogens is 170 g/mol. The molecule has 1 nitrogen and oxygen atoms in total. The van der Waals surface area contributed by atoms with Crippen molar-refractivity contribution in [2.24, 2.45) is 11.3 Å². The van der Waals surface area contributed by atoms with Crippen molar-refractivity contribution in [3.8, 4) is 0 Å². The van der Waals surface area contributed by atoms with Crippen LogP contribution in [-0.4, -0.2) is 23.5 Å². The molecule has 0 heterocycles. The lowest BCUT2D eigenvalue weighted by molar-refractivity contribution is 0.108. The Morgan fingerprint density at radius 3 is 1.43 bits per heavy atom. The molecule has 0 N–H and O–H groups in total. The number of hydrogen-bond donors (Lipinski definition) is 0. The standard InChI is InChI=1S/C13H29N/c1-10(2)14(11(3)4)9-12(5)13(6,7)8/h10-12H,9H2,1-8H3. The third kappa shape index (κ3) is 4.45. The van der Waals surface area contributed by atoms with Gasteiger partial charge in [-0.3, -0.25) is 4.90 Å². The molecule has 0 saturated carbocycles. The second-order valence-corrected chi connectivity index (χ2v) is 6.15. The molecule has 0 saturated heterocycles. The molecule has 0 aromatic carbocycles. The van der Waals surface area contributed by atoms with Crippen molar-refractivity contribution < 1.29 is 0 Å². The summed E-state index contributed by atoms with van der Waals surface area (Å²) in [6.07, 6.45) is 0. The molecule has 0 aliphatic heterocycles. The SMILES string of the molecule is CC(C)N(CC(C)C(C)(C)C)C(C)C. The van der Waals surface area contributed by atoms with Gasteiger partial charge in [-0.1, -0.05) is 27.7 Å². The quantitative estimate of drug-likeness (QED) is 0.666. The van der Waals surface area contributed by atoms with Crippen molar-refractivity contribution in [1.82, 2.24) is 4.90 Å². The summed E-state index contributed by atoms with van der Waals surface area (Å²) >= 11 is 0. The van der Waals surface area contributed by atoms with Crippen LogP contribution in [0, 0.1) is 11.3 Å². The Balaban J connectivity index is 4.31. The third-order valence-electron chi connectivity index (χ3n) is 3.29. The summed E-state index contributed by atoms with van der Waals surface area (Å²) < 4.78 is 0. The van der Waals surface area contributed by atoms with E-state index in [9.17, 15) is 0 Å². The summed E-state index contributed by atoms with van der Waals surface area (Å²) in [5, 5.41) is 0. The molecule has 0 bridgehead atoms. The molecule has 1 atom stereocenters. The van der Waals surface area contributed by atoms with Gasteiger partial charge in [0.05, 0.1) is 0 Å². The first kappa shape index (κ1) is 14.0. The summed E-state index contributed by atoms with van der Waals surface area (Å²) in [5.41, 5.74) is 0.419. The van der Waals surface area contributed by atoms with Gasteiger partial charge < -0.3 is 0 Å². The maximum absolute atomic E-state index is 2.58. The molecule has 86 valence electrons. The van der Waals surface area contributed by atoms with E-state index in [0.29, 0.717) is 17.5 Å². The molecule has 1 heteroatoms. The van der Waals surface area contributed by atoms with Crippen LogP contribution < -0.4 is 0 Å². The fraction of sp³-hybridized carbons (Fsp3) is 1.00. The number of hydrogen-bond acceptors (Lipinski definition) is 1. The van der Waals surface area contributed by atoms with Gasteiger partial charge in [0.1, 0.15) is 0 Å². The summed E-state index contributed by atoms with van der Waals surface area (Å²) in [6.45, 7) is 19.7. The Morgan fingerprint density at radius 1 is 0.857 bits per heavy atom. The molecule has 0 rings (SSSR count). The first-order valence-corrected chi connectivity index (χ1v) is 5.92. The highest BCUT2D eigenvalue weighted by molar-refractivity contribution is 4.77. The highest BCUT2D eigenvalue weighted by Crippen LogP contribution is 2.27. The molecular formula is C13H29N. The Kier molecular flexibility index (Phi) is 5.14. The minimum absolute atomic E-state index is 0.419. The Hall–Kier alpha value is -0.0400. The topological polar surface area (TPSA) is 3.24 Å². The maximum atomic E-state index is 2.58. The minimum Gasteiger partial charge on any atom is -0.298 e. The minimum atomic E-state index is 0.419. The first-order valence-electron chi connectivity index (χ1n) is 5.92. The Morgan fingerprint density at radius 2 is 1.21 bits per heavy atom. The van der Waals surface area contributed by atoms with Crippen LogP contribution in [-0.2, 0) is 0 Å². The fourth-order valence-electron chi connectivity index (χ4n) is 1.61. The normalized spacial score (nSPS) is 15.6. The van der Waals surface area contributed by atoms with Crippen LogP contribution in [0.25, 0.3) is 0 Å². The van der Waals surface area contributed by atoms with E-state index in [1.165, 1.54) is 6.54 Å². The monoisotopic (exact) mass is 199 g/mol. The third-order valence-corrected chi connectivity index (χ3v) is 3.29. The average Bonchev–Trinajstić information content (AvgIpc) is 1.96. The lowest BCUT2D eigenvalue weighted by Gasteiger charge is -2.37. The van der Waals surface area contributed by atoms with Crippen LogP contribution in [0.5, 0.6) is 0 Å². The van der Waals surface area contributed by atoms with Crippen LogP contribution in [0.1, 0.15) is 55.4 Å². The summed E-state index contributed by atoms with van der Waals surface area (Å²) in [6, 6.07) is 1.31. The smallest absolute Gasteiger partial charge is 0.00414 e. The van der Waals surface area contributed by atoms with Crippen molar-refractivity contribution in [3.05, 3.63) is 0 Å². The predicted molar refractivity (Wildman–Crippen MR) is 65.6 cm³/mol. The van der Waals surface area contributed by atoms with Crippen LogP contribution >= 0.6 is 0 Å². The van der Waals surface area contributed by atoms with Gasteiger partial charge in [-0.2, -0.15) is 0 Å². The molecule has 0 aliphatic carbocycles. The highest BCUT2D eigenvalue weighted by atomic mass is 15.2. The molecule has 0 aromatic heterocycles. The van der Waals surface area contributed by atoms with Gasteiger partial charge in [-0.25, -0.2) is 0 Å².